The molecule has 0 aliphatic carbocycles. The van der Waals surface area contributed by atoms with E-state index in [1.807, 2.05) is 0 Å². The molecule has 0 aliphatic heterocycles. The highest BCUT2D eigenvalue weighted by molar-refractivity contribution is 7.18. The van der Waals surface area contributed by atoms with Crippen molar-refractivity contribution in [3.63, 3.8) is 0 Å². The van der Waals surface area contributed by atoms with E-state index >= 15 is 0 Å². The molecule has 0 atom stereocenters. The Bertz CT molecular complexity index is 706. The molecule has 0 radical (unpaired) electrons. The van der Waals surface area contributed by atoms with Gasteiger partial charge in [0.25, 0.3) is 11.8 Å². The van der Waals surface area contributed by atoms with Gasteiger partial charge in [-0.25, -0.2) is 0 Å². The molecule has 2 rings (SSSR count). The molecule has 0 fully saturated rings. The Hall–Kier alpha value is -2.61. The Morgan fingerprint density at radius 2 is 1.91 bits per heavy atom. The Morgan fingerprint density at radius 1 is 1.17 bits per heavy atom. The lowest BCUT2D eigenvalue weighted by Gasteiger charge is -2.04. The van der Waals surface area contributed by atoms with E-state index in [0.29, 0.717) is 23.0 Å². The van der Waals surface area contributed by atoms with Crippen molar-refractivity contribution in [1.82, 2.24) is 10.6 Å². The largest absolute Gasteiger partial charge is 0.459 e. The number of carbonyl (C=O) groups excluding carboxylic acids is 3. The highest BCUT2D eigenvalue weighted by Crippen LogP contribution is 2.27. The molecule has 122 valence electrons. The number of furan rings is 1. The van der Waals surface area contributed by atoms with E-state index in [-0.39, 0.29) is 23.5 Å². The molecule has 7 nitrogen and oxygen atoms in total. The zero-order chi connectivity index (χ0) is 16.8. The molecule has 2 aromatic rings. The van der Waals surface area contributed by atoms with Gasteiger partial charge in [-0.15, -0.1) is 11.3 Å². The molecular formula is C15H17N3O4S. The summed E-state index contributed by atoms with van der Waals surface area (Å²) in [6.07, 6.45) is 1.42. The second-order valence-corrected chi connectivity index (χ2v) is 5.85. The standard InChI is InChI=1S/C15H17N3O4S/c1-9-8-12(18-14(20)11-4-3-7-22-11)23-13(9)15(21)17-6-5-16-10(2)19/h3-4,7-8H,5-6H2,1-2H3,(H,16,19)(H,17,21)(H,18,20). The van der Waals surface area contributed by atoms with Crippen LogP contribution < -0.4 is 16.0 Å². The first-order valence-corrected chi connectivity index (χ1v) is 7.77. The second-order valence-electron chi connectivity index (χ2n) is 4.79. The van der Waals surface area contributed by atoms with Crippen molar-refractivity contribution >= 4 is 34.1 Å². The summed E-state index contributed by atoms with van der Waals surface area (Å²) in [6, 6.07) is 4.92. The molecule has 0 bridgehead atoms. The van der Waals surface area contributed by atoms with E-state index in [9.17, 15) is 14.4 Å². The van der Waals surface area contributed by atoms with E-state index < -0.39 is 0 Å². The van der Waals surface area contributed by atoms with Crippen LogP contribution in [0.25, 0.3) is 0 Å². The minimum atomic E-state index is -0.367. The van der Waals surface area contributed by atoms with Crippen LogP contribution in [0, 0.1) is 6.92 Å². The molecule has 0 aliphatic rings. The van der Waals surface area contributed by atoms with Gasteiger partial charge in [-0.05, 0) is 30.7 Å². The number of carbonyl (C=O) groups is 3. The average Bonchev–Trinajstić information content (AvgIpc) is 3.13. The Labute approximate surface area is 137 Å². The van der Waals surface area contributed by atoms with Crippen molar-refractivity contribution in [2.24, 2.45) is 0 Å². The third kappa shape index (κ3) is 4.68. The normalized spacial score (nSPS) is 10.2. The zero-order valence-electron chi connectivity index (χ0n) is 12.8. The highest BCUT2D eigenvalue weighted by Gasteiger charge is 2.16. The lowest BCUT2D eigenvalue weighted by Crippen LogP contribution is -2.33. The molecule has 0 spiro atoms. The van der Waals surface area contributed by atoms with E-state index in [1.54, 1.807) is 25.1 Å². The van der Waals surface area contributed by atoms with Gasteiger partial charge in [-0.1, -0.05) is 0 Å². The van der Waals surface area contributed by atoms with Gasteiger partial charge < -0.3 is 20.4 Å². The van der Waals surface area contributed by atoms with Gasteiger partial charge in [-0.3, -0.25) is 14.4 Å². The Balaban J connectivity index is 1.93. The highest BCUT2D eigenvalue weighted by atomic mass is 32.1. The van der Waals surface area contributed by atoms with Gasteiger partial charge in [-0.2, -0.15) is 0 Å². The van der Waals surface area contributed by atoms with E-state index in [0.717, 1.165) is 5.56 Å². The predicted molar refractivity (Wildman–Crippen MR) is 86.7 cm³/mol. The Morgan fingerprint density at radius 3 is 2.57 bits per heavy atom. The number of anilines is 1. The van der Waals surface area contributed by atoms with Crippen LogP contribution in [-0.4, -0.2) is 30.8 Å². The van der Waals surface area contributed by atoms with Crippen molar-refractivity contribution in [2.75, 3.05) is 18.4 Å². The lowest BCUT2D eigenvalue weighted by atomic mass is 10.3. The smallest absolute Gasteiger partial charge is 0.291 e. The molecule has 8 heteroatoms. The van der Waals surface area contributed by atoms with Crippen LogP contribution in [0.1, 0.15) is 32.7 Å². The quantitative estimate of drug-likeness (QED) is 0.700. The molecular weight excluding hydrogens is 318 g/mol. The zero-order valence-corrected chi connectivity index (χ0v) is 13.6. The summed E-state index contributed by atoms with van der Waals surface area (Å²) in [5.41, 5.74) is 0.766. The van der Waals surface area contributed by atoms with Crippen molar-refractivity contribution in [3.8, 4) is 0 Å². The van der Waals surface area contributed by atoms with Crippen molar-refractivity contribution in [1.29, 1.82) is 0 Å². The van der Waals surface area contributed by atoms with Crippen molar-refractivity contribution < 1.29 is 18.8 Å². The fraction of sp³-hybridized carbons (Fsp3) is 0.267. The third-order valence-corrected chi connectivity index (χ3v) is 4.04. The maximum atomic E-state index is 12.1. The molecule has 3 N–H and O–H groups in total. The molecule has 2 aromatic heterocycles. The number of aryl methyl sites for hydroxylation is 1. The number of nitrogens with one attached hydrogen (secondary N) is 3. The summed E-state index contributed by atoms with van der Waals surface area (Å²) in [5.74, 6) is -0.544. The predicted octanol–water partition coefficient (Wildman–Crippen LogP) is 1.77. The van der Waals surface area contributed by atoms with Gasteiger partial charge in [0.2, 0.25) is 5.91 Å². The molecule has 0 aromatic carbocycles. The number of hydrogen-bond donors (Lipinski definition) is 3. The maximum absolute atomic E-state index is 12.1. The second kappa shape index (κ2) is 7.59. The summed E-state index contributed by atoms with van der Waals surface area (Å²) in [5, 5.41) is 8.57. The van der Waals surface area contributed by atoms with E-state index in [4.69, 9.17) is 4.42 Å². The van der Waals surface area contributed by atoms with E-state index in [1.165, 1.54) is 24.5 Å². The van der Waals surface area contributed by atoms with Crippen LogP contribution in [-0.2, 0) is 4.79 Å². The first kappa shape index (κ1) is 16.8. The van der Waals surface area contributed by atoms with Gasteiger partial charge in [0, 0.05) is 20.0 Å². The average molecular weight is 335 g/mol. The summed E-state index contributed by atoms with van der Waals surface area (Å²) < 4.78 is 5.02. The van der Waals surface area contributed by atoms with Crippen LogP contribution in [0.4, 0.5) is 5.00 Å². The minimum absolute atomic E-state index is 0.144. The first-order chi connectivity index (χ1) is 11.0. The molecule has 0 saturated carbocycles. The van der Waals surface area contributed by atoms with Crippen LogP contribution in [0.3, 0.4) is 0 Å². The number of thiophene rings is 1. The molecule has 0 unspecified atom stereocenters. The van der Waals surface area contributed by atoms with Gasteiger partial charge in [0.05, 0.1) is 16.1 Å². The molecule has 0 saturated heterocycles. The van der Waals surface area contributed by atoms with Gasteiger partial charge in [0.15, 0.2) is 5.76 Å². The summed E-state index contributed by atoms with van der Waals surface area (Å²) in [4.78, 5) is 35.3. The number of amides is 3. The fourth-order valence-corrected chi connectivity index (χ4v) is 2.83. The maximum Gasteiger partial charge on any atom is 0.291 e. The lowest BCUT2D eigenvalue weighted by molar-refractivity contribution is -0.118. The van der Waals surface area contributed by atoms with Crippen molar-refractivity contribution in [2.45, 2.75) is 13.8 Å². The van der Waals surface area contributed by atoms with Crippen molar-refractivity contribution in [3.05, 3.63) is 40.7 Å². The monoisotopic (exact) mass is 335 g/mol. The molecule has 23 heavy (non-hydrogen) atoms. The topological polar surface area (TPSA) is 100 Å². The number of rotatable bonds is 6. The third-order valence-electron chi connectivity index (χ3n) is 2.89. The Kier molecular flexibility index (Phi) is 5.53. The van der Waals surface area contributed by atoms with Crippen LogP contribution >= 0.6 is 11.3 Å². The molecule has 3 amide bonds. The van der Waals surface area contributed by atoms with Crippen LogP contribution in [0.15, 0.2) is 28.9 Å². The van der Waals surface area contributed by atoms with Gasteiger partial charge in [0.1, 0.15) is 0 Å². The number of hydrogen-bond acceptors (Lipinski definition) is 5. The minimum Gasteiger partial charge on any atom is -0.459 e. The van der Waals surface area contributed by atoms with E-state index in [2.05, 4.69) is 16.0 Å². The van der Waals surface area contributed by atoms with Crippen LogP contribution in [0.2, 0.25) is 0 Å². The summed E-state index contributed by atoms with van der Waals surface area (Å²) >= 11 is 1.18. The van der Waals surface area contributed by atoms with Gasteiger partial charge >= 0.3 is 0 Å². The molecule has 2 heterocycles. The fourth-order valence-electron chi connectivity index (χ4n) is 1.85. The first-order valence-electron chi connectivity index (χ1n) is 6.95. The summed E-state index contributed by atoms with van der Waals surface area (Å²) in [6.45, 7) is 3.92. The van der Waals surface area contributed by atoms with Crippen LogP contribution in [0.5, 0.6) is 0 Å². The summed E-state index contributed by atoms with van der Waals surface area (Å²) in [7, 11) is 0. The SMILES string of the molecule is CC(=O)NCCNC(=O)c1sc(NC(=O)c2ccco2)cc1C.